The Hall–Kier alpha value is -2.33. The fraction of sp³-hybridized carbons (Fsp3) is 0.263. The minimum Gasteiger partial charge on any atom is -0.354 e. The van der Waals surface area contributed by atoms with E-state index in [0.717, 1.165) is 28.1 Å². The van der Waals surface area contributed by atoms with E-state index in [9.17, 15) is 9.59 Å². The highest BCUT2D eigenvalue weighted by molar-refractivity contribution is 6.31. The van der Waals surface area contributed by atoms with Crippen LogP contribution in [0.4, 0.5) is 0 Å². The first-order valence-electron chi connectivity index (χ1n) is 8.00. The van der Waals surface area contributed by atoms with E-state index in [4.69, 9.17) is 11.6 Å². The van der Waals surface area contributed by atoms with E-state index < -0.39 is 6.04 Å². The Morgan fingerprint density at radius 3 is 2.75 bits per heavy atom. The molecule has 1 unspecified atom stereocenters. The summed E-state index contributed by atoms with van der Waals surface area (Å²) < 4.78 is 0. The average molecular weight is 343 g/mol. The minimum absolute atomic E-state index is 0.112. The predicted octanol–water partition coefficient (Wildman–Crippen LogP) is 3.32. The molecule has 0 bridgehead atoms. The van der Waals surface area contributed by atoms with Crippen LogP contribution < -0.4 is 10.6 Å². The molecule has 1 fully saturated rings. The molecule has 0 radical (unpaired) electrons. The average Bonchev–Trinajstić information content (AvgIpc) is 2.59. The zero-order valence-electron chi connectivity index (χ0n) is 13.4. The third-order valence-corrected chi connectivity index (χ3v) is 4.63. The van der Waals surface area contributed by atoms with Gasteiger partial charge in [-0.1, -0.05) is 29.8 Å². The first-order chi connectivity index (χ1) is 11.5. The van der Waals surface area contributed by atoms with Gasteiger partial charge in [-0.25, -0.2) is 0 Å². The standard InChI is InChI=1S/C19H19ClN2O2/c1-12-10-14(7-8-16(12)20)13-4-2-5-15(11-13)18(23)22-17-6-3-9-21-19(17)24/h2,4-5,7-8,10-11,17H,3,6,9H2,1H3,(H,21,24)(H,22,23). The van der Waals surface area contributed by atoms with E-state index in [1.54, 1.807) is 6.07 Å². The summed E-state index contributed by atoms with van der Waals surface area (Å²) in [5.41, 5.74) is 3.47. The van der Waals surface area contributed by atoms with Gasteiger partial charge in [0.25, 0.3) is 5.91 Å². The number of amides is 2. The molecule has 5 heteroatoms. The van der Waals surface area contributed by atoms with Gasteiger partial charge in [0.15, 0.2) is 0 Å². The maximum Gasteiger partial charge on any atom is 0.251 e. The molecule has 24 heavy (non-hydrogen) atoms. The summed E-state index contributed by atoms with van der Waals surface area (Å²) in [5, 5.41) is 6.30. The van der Waals surface area contributed by atoms with Crippen molar-refractivity contribution in [1.29, 1.82) is 0 Å². The molecule has 1 atom stereocenters. The highest BCUT2D eigenvalue weighted by Gasteiger charge is 2.24. The van der Waals surface area contributed by atoms with Crippen LogP contribution >= 0.6 is 11.6 Å². The van der Waals surface area contributed by atoms with Crippen LogP contribution in [-0.4, -0.2) is 24.4 Å². The number of rotatable bonds is 3. The van der Waals surface area contributed by atoms with Crippen molar-refractivity contribution in [2.45, 2.75) is 25.8 Å². The maximum atomic E-state index is 12.5. The number of halogens is 1. The lowest BCUT2D eigenvalue weighted by atomic mass is 10.0. The minimum atomic E-state index is -0.451. The maximum absolute atomic E-state index is 12.5. The summed E-state index contributed by atoms with van der Waals surface area (Å²) in [6.45, 7) is 2.63. The summed E-state index contributed by atoms with van der Waals surface area (Å²) in [6.07, 6.45) is 1.55. The Morgan fingerprint density at radius 2 is 2.00 bits per heavy atom. The van der Waals surface area contributed by atoms with Crippen LogP contribution in [-0.2, 0) is 4.79 Å². The predicted molar refractivity (Wildman–Crippen MR) is 95.1 cm³/mol. The largest absolute Gasteiger partial charge is 0.354 e. The smallest absolute Gasteiger partial charge is 0.251 e. The van der Waals surface area contributed by atoms with Crippen molar-refractivity contribution in [3.8, 4) is 11.1 Å². The lowest BCUT2D eigenvalue weighted by Crippen LogP contribution is -2.50. The van der Waals surface area contributed by atoms with Crippen molar-refractivity contribution in [1.82, 2.24) is 10.6 Å². The second kappa shape index (κ2) is 7.05. The van der Waals surface area contributed by atoms with Crippen molar-refractivity contribution < 1.29 is 9.59 Å². The molecule has 4 nitrogen and oxygen atoms in total. The van der Waals surface area contributed by atoms with Gasteiger partial charge in [-0.05, 0) is 60.7 Å². The number of nitrogens with one attached hydrogen (secondary N) is 2. The van der Waals surface area contributed by atoms with Crippen LogP contribution in [0.2, 0.25) is 5.02 Å². The van der Waals surface area contributed by atoms with Gasteiger partial charge < -0.3 is 10.6 Å². The molecule has 2 aromatic carbocycles. The molecule has 0 aromatic heterocycles. The van der Waals surface area contributed by atoms with Crippen LogP contribution in [0.5, 0.6) is 0 Å². The highest BCUT2D eigenvalue weighted by atomic mass is 35.5. The topological polar surface area (TPSA) is 58.2 Å². The van der Waals surface area contributed by atoms with Crippen molar-refractivity contribution in [2.75, 3.05) is 6.54 Å². The Morgan fingerprint density at radius 1 is 1.21 bits per heavy atom. The van der Waals surface area contributed by atoms with Crippen LogP contribution in [0.25, 0.3) is 11.1 Å². The molecule has 124 valence electrons. The van der Waals surface area contributed by atoms with Gasteiger partial charge in [-0.3, -0.25) is 9.59 Å². The quantitative estimate of drug-likeness (QED) is 0.899. The second-order valence-electron chi connectivity index (χ2n) is 6.00. The first-order valence-corrected chi connectivity index (χ1v) is 8.37. The van der Waals surface area contributed by atoms with Crippen molar-refractivity contribution in [3.63, 3.8) is 0 Å². The zero-order chi connectivity index (χ0) is 17.1. The molecule has 0 spiro atoms. The van der Waals surface area contributed by atoms with E-state index >= 15 is 0 Å². The van der Waals surface area contributed by atoms with E-state index in [0.29, 0.717) is 18.5 Å². The van der Waals surface area contributed by atoms with Crippen molar-refractivity contribution in [2.24, 2.45) is 0 Å². The van der Waals surface area contributed by atoms with Gasteiger partial charge in [0, 0.05) is 17.1 Å². The SMILES string of the molecule is Cc1cc(-c2cccc(C(=O)NC3CCCNC3=O)c2)ccc1Cl. The molecular formula is C19H19ClN2O2. The zero-order valence-corrected chi connectivity index (χ0v) is 14.2. The van der Waals surface area contributed by atoms with Crippen molar-refractivity contribution >= 4 is 23.4 Å². The number of hydrogen-bond acceptors (Lipinski definition) is 2. The lowest BCUT2D eigenvalue weighted by Gasteiger charge is -2.22. The van der Waals surface area contributed by atoms with E-state index in [1.165, 1.54) is 0 Å². The number of carbonyl (C=O) groups excluding carboxylic acids is 2. The third kappa shape index (κ3) is 3.60. The van der Waals surface area contributed by atoms with E-state index in [1.807, 2.05) is 43.3 Å². The van der Waals surface area contributed by atoms with Crippen molar-refractivity contribution in [3.05, 3.63) is 58.6 Å². The number of piperidine rings is 1. The Kier molecular flexibility index (Phi) is 4.86. The molecule has 2 N–H and O–H groups in total. The fourth-order valence-electron chi connectivity index (χ4n) is 2.82. The lowest BCUT2D eigenvalue weighted by molar-refractivity contribution is -0.124. The van der Waals surface area contributed by atoms with Crippen LogP contribution in [0.15, 0.2) is 42.5 Å². The summed E-state index contributed by atoms with van der Waals surface area (Å²) in [7, 11) is 0. The molecule has 0 aliphatic carbocycles. The molecule has 0 saturated carbocycles. The van der Waals surface area contributed by atoms with E-state index in [2.05, 4.69) is 10.6 Å². The molecule has 2 amide bonds. The molecule has 1 aliphatic heterocycles. The molecule has 1 heterocycles. The molecule has 2 aromatic rings. The molecule has 1 saturated heterocycles. The Bertz CT molecular complexity index is 789. The van der Waals surface area contributed by atoms with Gasteiger partial charge in [-0.2, -0.15) is 0 Å². The van der Waals surface area contributed by atoms with Crippen LogP contribution in [0.1, 0.15) is 28.8 Å². The molecule has 1 aliphatic rings. The molecular weight excluding hydrogens is 324 g/mol. The summed E-state index contributed by atoms with van der Waals surface area (Å²) in [5.74, 6) is -0.344. The number of hydrogen-bond donors (Lipinski definition) is 2. The number of benzene rings is 2. The highest BCUT2D eigenvalue weighted by Crippen LogP contribution is 2.25. The number of carbonyl (C=O) groups is 2. The van der Waals surface area contributed by atoms with Gasteiger partial charge in [-0.15, -0.1) is 0 Å². The van der Waals surface area contributed by atoms with Gasteiger partial charge in [0.1, 0.15) is 6.04 Å². The first kappa shape index (κ1) is 16.5. The van der Waals surface area contributed by atoms with E-state index in [-0.39, 0.29) is 11.8 Å². The van der Waals surface area contributed by atoms with Gasteiger partial charge >= 0.3 is 0 Å². The number of aryl methyl sites for hydroxylation is 1. The van der Waals surface area contributed by atoms with Gasteiger partial charge in [0.05, 0.1) is 0 Å². The van der Waals surface area contributed by atoms with Gasteiger partial charge in [0.2, 0.25) is 5.91 Å². The third-order valence-electron chi connectivity index (χ3n) is 4.21. The normalized spacial score (nSPS) is 17.2. The second-order valence-corrected chi connectivity index (χ2v) is 6.41. The monoisotopic (exact) mass is 342 g/mol. The summed E-state index contributed by atoms with van der Waals surface area (Å²) in [4.78, 5) is 24.2. The Balaban J connectivity index is 1.80. The van der Waals surface area contributed by atoms with Crippen LogP contribution in [0.3, 0.4) is 0 Å². The summed E-state index contributed by atoms with van der Waals surface area (Å²) in [6, 6.07) is 12.7. The Labute approximate surface area is 146 Å². The fourth-order valence-corrected chi connectivity index (χ4v) is 2.93. The molecule has 3 rings (SSSR count). The van der Waals surface area contributed by atoms with Crippen LogP contribution in [0, 0.1) is 6.92 Å². The summed E-state index contributed by atoms with van der Waals surface area (Å²) >= 11 is 6.07.